The first kappa shape index (κ1) is 14.2. The quantitative estimate of drug-likeness (QED) is 0.737. The maximum absolute atomic E-state index is 8.98. The average molecular weight is 266 g/mol. The van der Waals surface area contributed by atoms with Crippen LogP contribution in [0.1, 0.15) is 30.4 Å². The number of benzene rings is 1. The summed E-state index contributed by atoms with van der Waals surface area (Å²) >= 11 is 0. The summed E-state index contributed by atoms with van der Waals surface area (Å²) in [5.74, 6) is 1.63. The van der Waals surface area contributed by atoms with E-state index in [1.807, 2.05) is 6.07 Å². The van der Waals surface area contributed by atoms with Crippen LogP contribution in [0.4, 0.5) is 0 Å². The van der Waals surface area contributed by atoms with E-state index in [-0.39, 0.29) is 13.2 Å². The molecule has 0 atom stereocenters. The molecule has 1 aromatic carbocycles. The minimum atomic E-state index is 0.199. The molecule has 1 heterocycles. The maximum Gasteiger partial charge on any atom is 0.161 e. The molecule has 0 amide bonds. The zero-order valence-corrected chi connectivity index (χ0v) is 11.2. The minimum Gasteiger partial charge on any atom is -0.486 e. The van der Waals surface area contributed by atoms with E-state index in [9.17, 15) is 0 Å². The highest BCUT2D eigenvalue weighted by Gasteiger charge is 2.15. The molecule has 0 bridgehead atoms. The summed E-state index contributed by atoms with van der Waals surface area (Å²) < 4.78 is 11.2. The second kappa shape index (κ2) is 7.36. The smallest absolute Gasteiger partial charge is 0.161 e. The first-order chi connectivity index (χ1) is 9.35. The summed E-state index contributed by atoms with van der Waals surface area (Å²) in [6, 6.07) is 4.09. The third-order valence-corrected chi connectivity index (χ3v) is 3.32. The molecule has 1 aromatic rings. The van der Waals surface area contributed by atoms with Gasteiger partial charge in [0.2, 0.25) is 0 Å². The number of unbranched alkanes of at least 4 members (excludes halogenated alkanes) is 1. The Morgan fingerprint density at radius 1 is 0.789 bits per heavy atom. The lowest BCUT2D eigenvalue weighted by molar-refractivity contribution is 0.171. The molecule has 0 aliphatic carbocycles. The Kier molecular flexibility index (Phi) is 5.48. The van der Waals surface area contributed by atoms with E-state index < -0.39 is 0 Å². The van der Waals surface area contributed by atoms with Gasteiger partial charge in [-0.3, -0.25) is 0 Å². The van der Waals surface area contributed by atoms with Gasteiger partial charge in [0.15, 0.2) is 11.5 Å². The molecule has 0 aromatic heterocycles. The average Bonchev–Trinajstić information content (AvgIpc) is 2.45. The molecule has 0 unspecified atom stereocenters. The van der Waals surface area contributed by atoms with Crippen LogP contribution in [0.3, 0.4) is 0 Å². The van der Waals surface area contributed by atoms with Gasteiger partial charge in [-0.25, -0.2) is 0 Å². The van der Waals surface area contributed by atoms with Crippen LogP contribution < -0.4 is 9.47 Å². The van der Waals surface area contributed by atoms with Crippen molar-refractivity contribution in [3.63, 3.8) is 0 Å². The Morgan fingerprint density at radius 2 is 1.32 bits per heavy atom. The number of aliphatic hydroxyl groups is 2. The largest absolute Gasteiger partial charge is 0.486 e. The van der Waals surface area contributed by atoms with Crippen LogP contribution in [-0.4, -0.2) is 36.6 Å². The first-order valence-corrected chi connectivity index (χ1v) is 6.98. The highest BCUT2D eigenvalue weighted by atomic mass is 16.6. The lowest BCUT2D eigenvalue weighted by atomic mass is 9.97. The number of aryl methyl sites for hydroxylation is 2. The highest BCUT2D eigenvalue weighted by Crippen LogP contribution is 2.34. The van der Waals surface area contributed by atoms with E-state index in [4.69, 9.17) is 19.7 Å². The molecular formula is C15H22O4. The van der Waals surface area contributed by atoms with Gasteiger partial charge in [-0.1, -0.05) is 0 Å². The monoisotopic (exact) mass is 266 g/mol. The van der Waals surface area contributed by atoms with E-state index in [1.54, 1.807) is 0 Å². The van der Waals surface area contributed by atoms with E-state index in [0.717, 1.165) is 43.6 Å². The predicted octanol–water partition coefficient (Wildman–Crippen LogP) is 1.70. The molecule has 1 aliphatic rings. The Labute approximate surface area is 114 Å². The normalized spacial score (nSPS) is 13.6. The summed E-state index contributed by atoms with van der Waals surface area (Å²) in [6.07, 6.45) is 4.31. The van der Waals surface area contributed by atoms with Gasteiger partial charge < -0.3 is 19.7 Å². The van der Waals surface area contributed by atoms with Gasteiger partial charge in [-0.15, -0.1) is 0 Å². The van der Waals surface area contributed by atoms with Crippen molar-refractivity contribution in [3.05, 3.63) is 23.3 Å². The van der Waals surface area contributed by atoms with Gasteiger partial charge in [-0.05, 0) is 55.4 Å². The highest BCUT2D eigenvalue weighted by molar-refractivity contribution is 5.48. The van der Waals surface area contributed by atoms with Gasteiger partial charge in [0, 0.05) is 13.2 Å². The molecule has 1 aliphatic heterocycles. The molecule has 0 saturated heterocycles. The zero-order valence-electron chi connectivity index (χ0n) is 11.2. The van der Waals surface area contributed by atoms with Crippen molar-refractivity contribution in [2.45, 2.75) is 32.1 Å². The Balaban J connectivity index is 2.16. The standard InChI is InChI=1S/C15H22O4/c16-6-2-1-4-12-10-14-15(19-9-8-18-14)11-13(12)5-3-7-17/h10-11,16-17H,1-9H2. The van der Waals surface area contributed by atoms with Gasteiger partial charge >= 0.3 is 0 Å². The Morgan fingerprint density at radius 3 is 1.84 bits per heavy atom. The number of aliphatic hydroxyl groups excluding tert-OH is 2. The molecule has 2 N–H and O–H groups in total. The summed E-state index contributed by atoms with van der Waals surface area (Å²) in [4.78, 5) is 0. The molecular weight excluding hydrogens is 244 g/mol. The van der Waals surface area contributed by atoms with Crippen molar-refractivity contribution in [3.8, 4) is 11.5 Å². The molecule has 106 valence electrons. The summed E-state index contributed by atoms with van der Waals surface area (Å²) in [7, 11) is 0. The molecule has 0 spiro atoms. The van der Waals surface area contributed by atoms with Gasteiger partial charge in [0.05, 0.1) is 0 Å². The van der Waals surface area contributed by atoms with Crippen molar-refractivity contribution in [1.82, 2.24) is 0 Å². The molecule has 0 fully saturated rings. The molecule has 4 heteroatoms. The lowest BCUT2D eigenvalue weighted by Gasteiger charge is -2.21. The van der Waals surface area contributed by atoms with E-state index >= 15 is 0 Å². The third-order valence-electron chi connectivity index (χ3n) is 3.32. The van der Waals surface area contributed by atoms with Crippen LogP contribution in [0.5, 0.6) is 11.5 Å². The maximum atomic E-state index is 8.98. The predicted molar refractivity (Wildman–Crippen MR) is 72.9 cm³/mol. The fourth-order valence-electron chi connectivity index (χ4n) is 2.34. The van der Waals surface area contributed by atoms with E-state index in [1.165, 1.54) is 11.1 Å². The zero-order chi connectivity index (χ0) is 13.5. The fourth-order valence-corrected chi connectivity index (χ4v) is 2.34. The van der Waals surface area contributed by atoms with Crippen molar-refractivity contribution >= 4 is 0 Å². The molecule has 0 saturated carbocycles. The topological polar surface area (TPSA) is 58.9 Å². The number of hydrogen-bond donors (Lipinski definition) is 2. The van der Waals surface area contributed by atoms with Crippen molar-refractivity contribution in [2.75, 3.05) is 26.4 Å². The van der Waals surface area contributed by atoms with Gasteiger partial charge in [-0.2, -0.15) is 0 Å². The van der Waals surface area contributed by atoms with Gasteiger partial charge in [0.1, 0.15) is 13.2 Å². The number of ether oxygens (including phenoxy) is 2. The van der Waals surface area contributed by atoms with Crippen LogP contribution in [0.15, 0.2) is 12.1 Å². The second-order valence-electron chi connectivity index (χ2n) is 4.77. The Bertz CT molecular complexity index is 403. The van der Waals surface area contributed by atoms with Gasteiger partial charge in [0.25, 0.3) is 0 Å². The van der Waals surface area contributed by atoms with Crippen LogP contribution in [0, 0.1) is 0 Å². The van der Waals surface area contributed by atoms with Crippen LogP contribution in [0.2, 0.25) is 0 Å². The Hall–Kier alpha value is -1.26. The SMILES string of the molecule is OCCCCc1cc2c(cc1CCCO)OCCO2. The summed E-state index contributed by atoms with van der Waals surface area (Å²) in [5.41, 5.74) is 2.46. The lowest BCUT2D eigenvalue weighted by Crippen LogP contribution is -2.16. The van der Waals surface area contributed by atoms with Crippen molar-refractivity contribution in [1.29, 1.82) is 0 Å². The minimum absolute atomic E-state index is 0.199. The molecule has 19 heavy (non-hydrogen) atoms. The van der Waals surface area contributed by atoms with E-state index in [2.05, 4.69) is 6.07 Å². The number of fused-ring (bicyclic) bond motifs is 1. The number of rotatable bonds is 7. The van der Waals surface area contributed by atoms with Crippen LogP contribution in [0.25, 0.3) is 0 Å². The number of hydrogen-bond acceptors (Lipinski definition) is 4. The first-order valence-electron chi connectivity index (χ1n) is 6.98. The molecule has 4 nitrogen and oxygen atoms in total. The van der Waals surface area contributed by atoms with Crippen molar-refractivity contribution in [2.24, 2.45) is 0 Å². The van der Waals surface area contributed by atoms with E-state index in [0.29, 0.717) is 13.2 Å². The van der Waals surface area contributed by atoms with Crippen LogP contribution >= 0.6 is 0 Å². The third kappa shape index (κ3) is 3.85. The van der Waals surface area contributed by atoms with Crippen molar-refractivity contribution < 1.29 is 19.7 Å². The second-order valence-corrected chi connectivity index (χ2v) is 4.77. The summed E-state index contributed by atoms with van der Waals surface area (Å²) in [5, 5.41) is 17.9. The summed E-state index contributed by atoms with van der Waals surface area (Å²) in [6.45, 7) is 1.62. The molecule has 2 rings (SSSR count). The fraction of sp³-hybridized carbons (Fsp3) is 0.600. The van der Waals surface area contributed by atoms with Crippen LogP contribution in [-0.2, 0) is 12.8 Å². The molecule has 0 radical (unpaired) electrons.